The summed E-state index contributed by atoms with van der Waals surface area (Å²) in [7, 11) is 1.87. The third kappa shape index (κ3) is 2.36. The first kappa shape index (κ1) is 11.0. The molecule has 0 aliphatic heterocycles. The van der Waals surface area contributed by atoms with Crippen LogP contribution in [0.2, 0.25) is 5.02 Å². The van der Waals surface area contributed by atoms with Gasteiger partial charge in [-0.15, -0.1) is 0 Å². The van der Waals surface area contributed by atoms with Gasteiger partial charge in [0.1, 0.15) is 6.61 Å². The molecule has 16 heavy (non-hydrogen) atoms. The highest BCUT2D eigenvalue weighted by molar-refractivity contribution is 6.30. The molecule has 0 fully saturated rings. The first-order valence-electron chi connectivity index (χ1n) is 5.02. The van der Waals surface area contributed by atoms with Gasteiger partial charge < -0.3 is 4.74 Å². The molecule has 84 valence electrons. The lowest BCUT2D eigenvalue weighted by Crippen LogP contribution is -2.01. The van der Waals surface area contributed by atoms with Gasteiger partial charge in [0, 0.05) is 17.6 Å². The van der Waals surface area contributed by atoms with Crippen LogP contribution in [0.3, 0.4) is 0 Å². The SMILES string of the molecule is Cc1cnn(C)c1OCc1ccc(Cl)cc1. The molecule has 3 nitrogen and oxygen atoms in total. The van der Waals surface area contributed by atoms with Crippen LogP contribution in [-0.4, -0.2) is 9.78 Å². The largest absolute Gasteiger partial charge is 0.473 e. The number of aromatic nitrogens is 2. The van der Waals surface area contributed by atoms with Crippen molar-refractivity contribution in [2.24, 2.45) is 7.05 Å². The van der Waals surface area contributed by atoms with Crippen molar-refractivity contribution in [3.8, 4) is 5.88 Å². The minimum Gasteiger partial charge on any atom is -0.473 e. The Morgan fingerprint density at radius 1 is 1.31 bits per heavy atom. The summed E-state index contributed by atoms with van der Waals surface area (Å²) in [5.74, 6) is 0.801. The molecule has 4 heteroatoms. The summed E-state index contributed by atoms with van der Waals surface area (Å²) >= 11 is 5.81. The fraction of sp³-hybridized carbons (Fsp3) is 0.250. The molecule has 0 saturated heterocycles. The molecular weight excluding hydrogens is 224 g/mol. The number of nitrogens with zero attached hydrogens (tertiary/aromatic N) is 2. The standard InChI is InChI=1S/C12H13ClN2O/c1-9-7-14-15(2)12(9)16-8-10-3-5-11(13)6-4-10/h3-7H,8H2,1-2H3. The molecule has 1 aromatic heterocycles. The van der Waals surface area contributed by atoms with Gasteiger partial charge in [0.25, 0.3) is 0 Å². The predicted octanol–water partition coefficient (Wildman–Crippen LogP) is 2.96. The van der Waals surface area contributed by atoms with Gasteiger partial charge in [-0.25, -0.2) is 4.68 Å². The zero-order chi connectivity index (χ0) is 11.5. The van der Waals surface area contributed by atoms with Gasteiger partial charge >= 0.3 is 0 Å². The van der Waals surface area contributed by atoms with Gasteiger partial charge in [-0.05, 0) is 24.6 Å². The summed E-state index contributed by atoms with van der Waals surface area (Å²) in [6.45, 7) is 2.50. The second-order valence-electron chi connectivity index (χ2n) is 3.67. The van der Waals surface area contributed by atoms with Gasteiger partial charge in [-0.2, -0.15) is 5.10 Å². The lowest BCUT2D eigenvalue weighted by molar-refractivity contribution is 0.277. The molecular formula is C12H13ClN2O. The Kier molecular flexibility index (Phi) is 3.15. The van der Waals surface area contributed by atoms with E-state index in [9.17, 15) is 0 Å². The smallest absolute Gasteiger partial charge is 0.214 e. The molecule has 0 aliphatic carbocycles. The lowest BCUT2D eigenvalue weighted by atomic mass is 10.2. The van der Waals surface area contributed by atoms with Gasteiger partial charge in [0.05, 0.1) is 6.20 Å². The Balaban J connectivity index is 2.05. The molecule has 1 aromatic carbocycles. The summed E-state index contributed by atoms with van der Waals surface area (Å²) in [4.78, 5) is 0. The second-order valence-corrected chi connectivity index (χ2v) is 4.11. The van der Waals surface area contributed by atoms with Gasteiger partial charge in [0.2, 0.25) is 5.88 Å². The van der Waals surface area contributed by atoms with E-state index >= 15 is 0 Å². The molecule has 0 saturated carbocycles. The number of hydrogen-bond acceptors (Lipinski definition) is 2. The Hall–Kier alpha value is -1.48. The number of aryl methyl sites for hydroxylation is 2. The average Bonchev–Trinajstić information content (AvgIpc) is 2.59. The molecule has 0 unspecified atom stereocenters. The number of benzene rings is 1. The van der Waals surface area contributed by atoms with Crippen LogP contribution < -0.4 is 4.74 Å². The van der Waals surface area contributed by atoms with E-state index in [0.29, 0.717) is 6.61 Å². The average molecular weight is 237 g/mol. The Morgan fingerprint density at radius 2 is 2.00 bits per heavy atom. The maximum absolute atomic E-state index is 5.81. The third-order valence-electron chi connectivity index (χ3n) is 2.34. The van der Waals surface area contributed by atoms with Crippen LogP contribution in [0.15, 0.2) is 30.5 Å². The van der Waals surface area contributed by atoms with Crippen molar-refractivity contribution in [3.63, 3.8) is 0 Å². The summed E-state index contributed by atoms with van der Waals surface area (Å²) in [5, 5.41) is 4.85. The molecule has 1 heterocycles. The van der Waals surface area contributed by atoms with Gasteiger partial charge in [-0.3, -0.25) is 0 Å². The van der Waals surface area contributed by atoms with Crippen LogP contribution in [0.1, 0.15) is 11.1 Å². The van der Waals surface area contributed by atoms with Crippen molar-refractivity contribution in [1.29, 1.82) is 0 Å². The summed E-state index contributed by atoms with van der Waals surface area (Å²) in [5.41, 5.74) is 2.13. The number of ether oxygens (including phenoxy) is 1. The van der Waals surface area contributed by atoms with E-state index in [1.165, 1.54) is 0 Å². The van der Waals surface area contributed by atoms with Crippen LogP contribution >= 0.6 is 11.6 Å². The number of rotatable bonds is 3. The second kappa shape index (κ2) is 4.58. The Bertz CT molecular complexity index is 457. The summed E-state index contributed by atoms with van der Waals surface area (Å²) in [6, 6.07) is 7.62. The van der Waals surface area contributed by atoms with Crippen LogP contribution in [0.4, 0.5) is 0 Å². The highest BCUT2D eigenvalue weighted by atomic mass is 35.5. The van der Waals surface area contributed by atoms with Crippen molar-refractivity contribution in [2.45, 2.75) is 13.5 Å². The van der Waals surface area contributed by atoms with Crippen molar-refractivity contribution >= 4 is 11.6 Å². The highest BCUT2D eigenvalue weighted by Gasteiger charge is 2.05. The topological polar surface area (TPSA) is 27.1 Å². The van der Waals surface area contributed by atoms with Crippen molar-refractivity contribution in [3.05, 3.63) is 46.6 Å². The zero-order valence-corrected chi connectivity index (χ0v) is 10.0. The fourth-order valence-electron chi connectivity index (χ4n) is 1.48. The fourth-order valence-corrected chi connectivity index (χ4v) is 1.60. The van der Waals surface area contributed by atoms with E-state index in [2.05, 4.69) is 5.10 Å². The molecule has 0 N–H and O–H groups in total. The number of hydrogen-bond donors (Lipinski definition) is 0. The molecule has 0 amide bonds. The molecule has 2 aromatic rings. The van der Waals surface area contributed by atoms with E-state index in [0.717, 1.165) is 22.0 Å². The minimum absolute atomic E-state index is 0.525. The van der Waals surface area contributed by atoms with Crippen LogP contribution in [0.5, 0.6) is 5.88 Å². The van der Waals surface area contributed by atoms with Crippen molar-refractivity contribution < 1.29 is 4.74 Å². The predicted molar refractivity (Wildman–Crippen MR) is 63.7 cm³/mol. The van der Waals surface area contributed by atoms with Crippen molar-refractivity contribution in [1.82, 2.24) is 9.78 Å². The molecule has 2 rings (SSSR count). The lowest BCUT2D eigenvalue weighted by Gasteiger charge is -2.07. The summed E-state index contributed by atoms with van der Waals surface area (Å²) < 4.78 is 7.42. The van der Waals surface area contributed by atoms with E-state index in [1.54, 1.807) is 10.9 Å². The van der Waals surface area contributed by atoms with Gasteiger partial charge in [0.15, 0.2) is 0 Å². The van der Waals surface area contributed by atoms with E-state index in [-0.39, 0.29) is 0 Å². The third-order valence-corrected chi connectivity index (χ3v) is 2.60. The normalized spacial score (nSPS) is 10.4. The molecule has 0 aliphatic rings. The monoisotopic (exact) mass is 236 g/mol. The molecule has 0 bridgehead atoms. The quantitative estimate of drug-likeness (QED) is 0.819. The Labute approximate surface area is 99.6 Å². The summed E-state index contributed by atoms with van der Waals surface area (Å²) in [6.07, 6.45) is 1.79. The van der Waals surface area contributed by atoms with Crippen LogP contribution in [-0.2, 0) is 13.7 Å². The van der Waals surface area contributed by atoms with E-state index in [1.807, 2.05) is 38.2 Å². The van der Waals surface area contributed by atoms with Gasteiger partial charge in [-0.1, -0.05) is 23.7 Å². The maximum Gasteiger partial charge on any atom is 0.214 e. The molecule has 0 atom stereocenters. The molecule has 0 radical (unpaired) electrons. The zero-order valence-electron chi connectivity index (χ0n) is 9.27. The highest BCUT2D eigenvalue weighted by Crippen LogP contribution is 2.17. The number of halogens is 1. The Morgan fingerprint density at radius 3 is 2.56 bits per heavy atom. The van der Waals surface area contributed by atoms with E-state index < -0.39 is 0 Å². The van der Waals surface area contributed by atoms with Crippen LogP contribution in [0, 0.1) is 6.92 Å². The first-order valence-corrected chi connectivity index (χ1v) is 5.40. The minimum atomic E-state index is 0.525. The molecule has 0 spiro atoms. The maximum atomic E-state index is 5.81. The first-order chi connectivity index (χ1) is 7.66. The van der Waals surface area contributed by atoms with E-state index in [4.69, 9.17) is 16.3 Å². The van der Waals surface area contributed by atoms with Crippen molar-refractivity contribution in [2.75, 3.05) is 0 Å². The van der Waals surface area contributed by atoms with Crippen LogP contribution in [0.25, 0.3) is 0 Å².